The van der Waals surface area contributed by atoms with Crippen molar-refractivity contribution in [2.75, 3.05) is 0 Å². The number of hydrogen-bond acceptors (Lipinski definition) is 4. The van der Waals surface area contributed by atoms with E-state index < -0.39 is 63.1 Å². The Balaban J connectivity index is 3.11. The molecule has 0 atom stereocenters. The second-order valence-electron chi connectivity index (χ2n) is 4.34. The fourth-order valence-corrected chi connectivity index (χ4v) is 2.30. The Kier molecular flexibility index (Phi) is 3.86. The molecular formula is C15H2F4N4. The van der Waals surface area contributed by atoms with Gasteiger partial charge in [0.25, 0.3) is 0 Å². The van der Waals surface area contributed by atoms with Crippen molar-refractivity contribution in [2.24, 2.45) is 0 Å². The molecule has 0 aromatic heterocycles. The van der Waals surface area contributed by atoms with Gasteiger partial charge in [0, 0.05) is 17.5 Å². The van der Waals surface area contributed by atoms with Crippen molar-refractivity contribution in [3.63, 3.8) is 0 Å². The summed E-state index contributed by atoms with van der Waals surface area (Å²) < 4.78 is 55.0. The monoisotopic (exact) mass is 314 g/mol. The number of rotatable bonds is 0. The van der Waals surface area contributed by atoms with Crippen molar-refractivity contribution >= 4 is 11.1 Å². The molecule has 1 aliphatic carbocycles. The van der Waals surface area contributed by atoms with Gasteiger partial charge in [-0.1, -0.05) is 0 Å². The highest BCUT2D eigenvalue weighted by atomic mass is 19.2. The van der Waals surface area contributed by atoms with Gasteiger partial charge in [-0.3, -0.25) is 0 Å². The molecule has 0 amide bonds. The van der Waals surface area contributed by atoms with Crippen LogP contribution in [-0.2, 0) is 0 Å². The summed E-state index contributed by atoms with van der Waals surface area (Å²) in [6, 6.07) is 5.74. The molecule has 23 heavy (non-hydrogen) atoms. The molecule has 110 valence electrons. The van der Waals surface area contributed by atoms with Crippen molar-refractivity contribution in [2.45, 2.75) is 6.42 Å². The topological polar surface area (TPSA) is 95.2 Å². The standard InChI is InChI=1S/C15H2F4N4/c16-12-10-8(6(2-20)3-21)1-9(7(4-22)5-23)11(10)13(17)15(19)14(12)18/h1H2. The highest BCUT2D eigenvalue weighted by molar-refractivity contribution is 5.98. The van der Waals surface area contributed by atoms with E-state index in [1.807, 2.05) is 0 Å². The summed E-state index contributed by atoms with van der Waals surface area (Å²) in [5.74, 6) is -7.79. The van der Waals surface area contributed by atoms with Crippen LogP contribution in [-0.4, -0.2) is 0 Å². The first-order valence-corrected chi connectivity index (χ1v) is 5.86. The van der Waals surface area contributed by atoms with E-state index in [1.54, 1.807) is 0 Å². The van der Waals surface area contributed by atoms with E-state index in [0.717, 1.165) is 0 Å². The number of nitrogens with zero attached hydrogens (tertiary/aromatic N) is 4. The lowest BCUT2D eigenvalue weighted by atomic mass is 10.0. The second kappa shape index (κ2) is 5.64. The van der Waals surface area contributed by atoms with E-state index in [4.69, 9.17) is 21.0 Å². The molecule has 1 aromatic rings. The molecule has 2 rings (SSSR count). The highest BCUT2D eigenvalue weighted by Gasteiger charge is 2.37. The Hall–Kier alpha value is -3.62. The first-order chi connectivity index (χ1) is 10.9. The molecule has 0 heterocycles. The van der Waals surface area contributed by atoms with Gasteiger partial charge in [-0.2, -0.15) is 21.0 Å². The zero-order valence-electron chi connectivity index (χ0n) is 11.0. The zero-order valence-corrected chi connectivity index (χ0v) is 11.0. The molecule has 0 fully saturated rings. The number of nitriles is 4. The fourth-order valence-electron chi connectivity index (χ4n) is 2.30. The van der Waals surface area contributed by atoms with Crippen LogP contribution in [0, 0.1) is 68.6 Å². The Morgan fingerprint density at radius 1 is 0.609 bits per heavy atom. The minimum absolute atomic E-state index is 0.404. The maximum absolute atomic E-state index is 14.0. The first kappa shape index (κ1) is 15.8. The van der Waals surface area contributed by atoms with Crippen molar-refractivity contribution < 1.29 is 17.6 Å². The molecule has 0 unspecified atom stereocenters. The molecule has 0 saturated carbocycles. The normalized spacial score (nSPS) is 11.8. The Morgan fingerprint density at radius 3 is 1.17 bits per heavy atom. The number of fused-ring (bicyclic) bond motifs is 1. The number of hydrogen-bond donors (Lipinski definition) is 0. The third-order valence-electron chi connectivity index (χ3n) is 3.27. The molecule has 0 spiro atoms. The lowest BCUT2D eigenvalue weighted by molar-refractivity contribution is 0.407. The van der Waals surface area contributed by atoms with Gasteiger partial charge in [0.1, 0.15) is 35.4 Å². The van der Waals surface area contributed by atoms with E-state index in [9.17, 15) is 17.6 Å². The fraction of sp³-hybridized carbons (Fsp3) is 0.0667. The molecule has 0 aliphatic heterocycles. The van der Waals surface area contributed by atoms with Crippen LogP contribution in [0.2, 0.25) is 0 Å². The predicted molar refractivity (Wildman–Crippen MR) is 67.2 cm³/mol. The summed E-state index contributed by atoms with van der Waals surface area (Å²) in [5.41, 5.74) is -3.76. The van der Waals surface area contributed by atoms with Gasteiger partial charge in [0.2, 0.25) is 0 Å². The van der Waals surface area contributed by atoms with Gasteiger partial charge < -0.3 is 0 Å². The van der Waals surface area contributed by atoms with E-state index in [0.29, 0.717) is 0 Å². The van der Waals surface area contributed by atoms with Crippen LogP contribution in [0.4, 0.5) is 17.6 Å². The SMILES string of the molecule is N#CC(C#N)=C1CC(=C(C#N)C#N)c2c(F)c(F)c(F)c(F)c21. The summed E-state index contributed by atoms with van der Waals surface area (Å²) in [5, 5.41) is 35.5. The van der Waals surface area contributed by atoms with Crippen LogP contribution in [0.1, 0.15) is 17.5 Å². The Bertz CT molecular complexity index is 864. The molecular weight excluding hydrogens is 312 g/mol. The third-order valence-corrected chi connectivity index (χ3v) is 3.27. The molecule has 8 heteroatoms. The average molecular weight is 314 g/mol. The minimum atomic E-state index is -2.11. The van der Waals surface area contributed by atoms with E-state index >= 15 is 0 Å². The highest BCUT2D eigenvalue weighted by Crippen LogP contribution is 2.47. The van der Waals surface area contributed by atoms with Crippen LogP contribution in [0.25, 0.3) is 11.1 Å². The van der Waals surface area contributed by atoms with Gasteiger partial charge in [-0.05, 0) is 11.1 Å². The molecule has 4 nitrogen and oxygen atoms in total. The summed E-state index contributed by atoms with van der Waals surface area (Å²) in [6.07, 6.45) is -0.543. The average Bonchev–Trinajstić information content (AvgIpc) is 2.94. The first-order valence-electron chi connectivity index (χ1n) is 5.86. The van der Waals surface area contributed by atoms with Gasteiger partial charge in [0.15, 0.2) is 23.3 Å². The van der Waals surface area contributed by atoms with E-state index in [2.05, 4.69) is 0 Å². The van der Waals surface area contributed by atoms with E-state index in [1.165, 1.54) is 24.3 Å². The summed E-state index contributed by atoms with van der Waals surface area (Å²) in [7, 11) is 0. The lowest BCUT2D eigenvalue weighted by Gasteiger charge is -2.07. The summed E-state index contributed by atoms with van der Waals surface area (Å²) in [6.45, 7) is 0. The number of halogens is 4. The number of benzene rings is 1. The Labute approximate surface area is 127 Å². The predicted octanol–water partition coefficient (Wildman–Crippen LogP) is 3.25. The van der Waals surface area contributed by atoms with Gasteiger partial charge in [-0.25, -0.2) is 17.6 Å². The van der Waals surface area contributed by atoms with Gasteiger partial charge >= 0.3 is 0 Å². The van der Waals surface area contributed by atoms with Crippen LogP contribution in [0.15, 0.2) is 11.1 Å². The smallest absolute Gasteiger partial charge is 0.198 e. The maximum Gasteiger partial charge on any atom is 0.198 e. The van der Waals surface area contributed by atoms with E-state index in [-0.39, 0.29) is 0 Å². The summed E-state index contributed by atoms with van der Waals surface area (Å²) >= 11 is 0. The van der Waals surface area contributed by atoms with Crippen LogP contribution in [0.3, 0.4) is 0 Å². The van der Waals surface area contributed by atoms with Gasteiger partial charge in [0.05, 0.1) is 0 Å². The molecule has 1 aromatic carbocycles. The molecule has 1 aliphatic rings. The van der Waals surface area contributed by atoms with Crippen molar-refractivity contribution in [3.05, 3.63) is 45.5 Å². The minimum Gasteiger partial charge on any atom is -0.203 e. The molecule has 0 N–H and O–H groups in total. The van der Waals surface area contributed by atoms with Crippen molar-refractivity contribution in [1.29, 1.82) is 21.0 Å². The zero-order chi connectivity index (χ0) is 17.3. The van der Waals surface area contributed by atoms with Crippen LogP contribution < -0.4 is 0 Å². The van der Waals surface area contributed by atoms with Crippen molar-refractivity contribution in [3.8, 4) is 24.3 Å². The second-order valence-corrected chi connectivity index (χ2v) is 4.34. The van der Waals surface area contributed by atoms with Gasteiger partial charge in [-0.15, -0.1) is 0 Å². The summed E-state index contributed by atoms with van der Waals surface area (Å²) in [4.78, 5) is 0. The molecule has 0 bridgehead atoms. The maximum atomic E-state index is 14.0. The lowest BCUT2D eigenvalue weighted by Crippen LogP contribution is -2.04. The quantitative estimate of drug-likeness (QED) is 0.318. The molecule has 0 saturated heterocycles. The van der Waals surface area contributed by atoms with Crippen molar-refractivity contribution in [1.82, 2.24) is 0 Å². The Morgan fingerprint density at radius 2 is 0.913 bits per heavy atom. The van der Waals surface area contributed by atoms with Crippen LogP contribution in [0.5, 0.6) is 0 Å². The molecule has 0 radical (unpaired) electrons. The third kappa shape index (κ3) is 2.11. The number of allylic oxidation sites excluding steroid dienone is 4. The largest absolute Gasteiger partial charge is 0.203 e. The van der Waals surface area contributed by atoms with Crippen LogP contribution >= 0.6 is 0 Å².